The number of nitrogens with zero attached hydrogens (tertiary/aromatic N) is 3. The number of carbonyl (C=O) groups excluding carboxylic acids is 1. The first-order chi connectivity index (χ1) is 12.6. The summed E-state index contributed by atoms with van der Waals surface area (Å²) in [7, 11) is 0. The zero-order valence-corrected chi connectivity index (χ0v) is 15.8. The van der Waals surface area contributed by atoms with Crippen LogP contribution in [0.1, 0.15) is 36.9 Å². The zero-order valence-electron chi connectivity index (χ0n) is 15.0. The zero-order chi connectivity index (χ0) is 18.1. The highest BCUT2D eigenvalue weighted by Crippen LogP contribution is 2.30. The van der Waals surface area contributed by atoms with Gasteiger partial charge in [-0.1, -0.05) is 23.5 Å². The number of amides is 1. The number of aromatic nitrogens is 3. The van der Waals surface area contributed by atoms with Crippen LogP contribution in [0.3, 0.4) is 0 Å². The van der Waals surface area contributed by atoms with Crippen LogP contribution in [-0.2, 0) is 4.79 Å². The minimum Gasteiger partial charge on any atom is -0.301 e. The van der Waals surface area contributed by atoms with Crippen molar-refractivity contribution in [1.29, 1.82) is 0 Å². The molecule has 1 atom stereocenters. The van der Waals surface area contributed by atoms with Gasteiger partial charge in [0.2, 0.25) is 5.91 Å². The third-order valence-corrected chi connectivity index (χ3v) is 6.24. The number of carbonyl (C=O) groups is 1. The molecule has 0 aliphatic carbocycles. The topological polar surface area (TPSA) is 73.9 Å². The van der Waals surface area contributed by atoms with Gasteiger partial charge in [0.05, 0.1) is 22.5 Å². The maximum atomic E-state index is 12.7. The van der Waals surface area contributed by atoms with Gasteiger partial charge in [-0.3, -0.25) is 14.8 Å². The number of nitrogens with one attached hydrogen (secondary N) is 2. The molecule has 1 aliphatic rings. The molecule has 1 fully saturated rings. The van der Waals surface area contributed by atoms with Crippen LogP contribution in [0, 0.1) is 6.92 Å². The summed E-state index contributed by atoms with van der Waals surface area (Å²) in [6.07, 6.45) is 4.05. The molecule has 0 bridgehead atoms. The van der Waals surface area contributed by atoms with Crippen LogP contribution >= 0.6 is 11.3 Å². The monoisotopic (exact) mass is 369 g/mol. The summed E-state index contributed by atoms with van der Waals surface area (Å²) in [6, 6.07) is 7.78. The molecule has 6 nitrogen and oxygen atoms in total. The summed E-state index contributed by atoms with van der Waals surface area (Å²) >= 11 is 1.52. The second-order valence-corrected chi connectivity index (χ2v) is 7.94. The molecule has 3 heterocycles. The van der Waals surface area contributed by atoms with E-state index in [1.165, 1.54) is 16.9 Å². The molecule has 136 valence electrons. The predicted octanol–water partition coefficient (Wildman–Crippen LogP) is 3.53. The van der Waals surface area contributed by atoms with Crippen molar-refractivity contribution in [3.63, 3.8) is 0 Å². The molecular formula is C19H23N5OS. The van der Waals surface area contributed by atoms with Gasteiger partial charge < -0.3 is 5.32 Å². The average molecular weight is 369 g/mol. The highest BCUT2D eigenvalue weighted by atomic mass is 32.1. The Balaban J connectivity index is 1.36. The van der Waals surface area contributed by atoms with E-state index in [-0.39, 0.29) is 11.9 Å². The number of likely N-dealkylation sites (tertiary alicyclic amines) is 1. The Morgan fingerprint density at radius 3 is 2.81 bits per heavy atom. The first-order valence-electron chi connectivity index (χ1n) is 9.02. The van der Waals surface area contributed by atoms with E-state index in [2.05, 4.69) is 32.3 Å². The summed E-state index contributed by atoms with van der Waals surface area (Å²) in [5.41, 5.74) is 3.40. The van der Waals surface area contributed by atoms with Crippen LogP contribution in [0.5, 0.6) is 0 Å². The fourth-order valence-corrected chi connectivity index (χ4v) is 4.54. The van der Waals surface area contributed by atoms with Gasteiger partial charge in [0, 0.05) is 5.69 Å². The fourth-order valence-electron chi connectivity index (χ4n) is 3.67. The van der Waals surface area contributed by atoms with Crippen LogP contribution in [0.2, 0.25) is 0 Å². The quantitative estimate of drug-likeness (QED) is 0.738. The van der Waals surface area contributed by atoms with Crippen LogP contribution in [0.4, 0.5) is 5.13 Å². The van der Waals surface area contributed by atoms with E-state index in [1.54, 1.807) is 0 Å². The third kappa shape index (κ3) is 3.37. The molecule has 1 saturated heterocycles. The maximum Gasteiger partial charge on any atom is 0.243 e. The fraction of sp³-hybridized carbons (Fsp3) is 0.421. The van der Waals surface area contributed by atoms with Crippen LogP contribution in [0.25, 0.3) is 10.2 Å². The predicted molar refractivity (Wildman–Crippen MR) is 105 cm³/mol. The molecule has 0 saturated carbocycles. The molecule has 26 heavy (non-hydrogen) atoms. The molecule has 2 N–H and O–H groups in total. The van der Waals surface area contributed by atoms with Crippen molar-refractivity contribution in [2.75, 3.05) is 18.4 Å². The van der Waals surface area contributed by atoms with Crippen molar-refractivity contribution in [2.45, 2.75) is 38.6 Å². The Labute approximate surface area is 156 Å². The first-order valence-corrected chi connectivity index (χ1v) is 9.84. The molecule has 1 aromatic carbocycles. The van der Waals surface area contributed by atoms with Gasteiger partial charge in [-0.15, -0.1) is 0 Å². The number of aromatic amines is 1. The second kappa shape index (κ2) is 7.17. The smallest absolute Gasteiger partial charge is 0.243 e. The Morgan fingerprint density at radius 2 is 2.12 bits per heavy atom. The number of piperidine rings is 1. The number of hydrogen-bond acceptors (Lipinski definition) is 5. The van der Waals surface area contributed by atoms with E-state index in [0.717, 1.165) is 41.8 Å². The minimum absolute atomic E-state index is 0.0157. The number of H-pyrrole nitrogens is 1. The molecule has 4 rings (SSSR count). The molecule has 3 aromatic rings. The van der Waals surface area contributed by atoms with Gasteiger partial charge in [0.25, 0.3) is 0 Å². The van der Waals surface area contributed by atoms with Gasteiger partial charge in [0.1, 0.15) is 0 Å². The van der Waals surface area contributed by atoms with E-state index >= 15 is 0 Å². The Morgan fingerprint density at radius 1 is 1.35 bits per heavy atom. The summed E-state index contributed by atoms with van der Waals surface area (Å²) in [5, 5.41) is 10.8. The Kier molecular flexibility index (Phi) is 4.74. The van der Waals surface area contributed by atoms with Gasteiger partial charge in [-0.05, 0) is 63.4 Å². The summed E-state index contributed by atoms with van der Waals surface area (Å²) in [6.45, 7) is 5.89. The normalized spacial score (nSPS) is 17.5. The van der Waals surface area contributed by atoms with Crippen LogP contribution < -0.4 is 5.32 Å². The van der Waals surface area contributed by atoms with Crippen molar-refractivity contribution < 1.29 is 4.79 Å². The Bertz CT molecular complexity index is 876. The maximum absolute atomic E-state index is 12.7. The molecule has 0 spiro atoms. The SMILES string of the molecule is Cc1[nH]ncc1C1CCN(C(C)C(=O)Nc2nc3ccccc3s2)CC1. The molecule has 7 heteroatoms. The molecule has 1 aliphatic heterocycles. The number of para-hydroxylation sites is 1. The number of thiazole rings is 1. The lowest BCUT2D eigenvalue weighted by molar-refractivity contribution is -0.121. The molecule has 0 radical (unpaired) electrons. The van der Waals surface area contributed by atoms with Gasteiger partial charge in [0.15, 0.2) is 5.13 Å². The van der Waals surface area contributed by atoms with Gasteiger partial charge in [-0.2, -0.15) is 5.10 Å². The van der Waals surface area contributed by atoms with Crippen LogP contribution in [-0.4, -0.2) is 45.1 Å². The van der Waals surface area contributed by atoms with E-state index in [1.807, 2.05) is 37.4 Å². The third-order valence-electron chi connectivity index (χ3n) is 5.29. The summed E-state index contributed by atoms with van der Waals surface area (Å²) < 4.78 is 1.09. The number of benzene rings is 1. The van der Waals surface area contributed by atoms with E-state index in [0.29, 0.717) is 11.0 Å². The number of hydrogen-bond donors (Lipinski definition) is 2. The van der Waals surface area contributed by atoms with E-state index < -0.39 is 0 Å². The highest BCUT2D eigenvalue weighted by molar-refractivity contribution is 7.22. The molecule has 1 unspecified atom stereocenters. The van der Waals surface area contributed by atoms with Gasteiger partial charge in [-0.25, -0.2) is 4.98 Å². The lowest BCUT2D eigenvalue weighted by Crippen LogP contribution is -2.45. The number of rotatable bonds is 4. The lowest BCUT2D eigenvalue weighted by atomic mass is 9.89. The number of anilines is 1. The van der Waals surface area contributed by atoms with Crippen LogP contribution in [0.15, 0.2) is 30.5 Å². The van der Waals surface area contributed by atoms with Gasteiger partial charge >= 0.3 is 0 Å². The van der Waals surface area contributed by atoms with Crippen molar-refractivity contribution in [3.05, 3.63) is 41.7 Å². The first kappa shape index (κ1) is 17.2. The minimum atomic E-state index is -0.159. The summed E-state index contributed by atoms with van der Waals surface area (Å²) in [4.78, 5) is 19.4. The molecular weight excluding hydrogens is 346 g/mol. The molecule has 1 amide bonds. The summed E-state index contributed by atoms with van der Waals surface area (Å²) in [5.74, 6) is 0.548. The highest BCUT2D eigenvalue weighted by Gasteiger charge is 2.28. The van der Waals surface area contributed by atoms with Crippen molar-refractivity contribution in [1.82, 2.24) is 20.1 Å². The lowest BCUT2D eigenvalue weighted by Gasteiger charge is -2.35. The van der Waals surface area contributed by atoms with E-state index in [4.69, 9.17) is 0 Å². The van der Waals surface area contributed by atoms with Crippen molar-refractivity contribution in [3.8, 4) is 0 Å². The van der Waals surface area contributed by atoms with E-state index in [9.17, 15) is 4.79 Å². The second-order valence-electron chi connectivity index (χ2n) is 6.91. The standard InChI is InChI=1S/C19H23N5OS/c1-12-15(11-20-23-12)14-7-9-24(10-8-14)13(2)18(25)22-19-21-16-5-3-4-6-17(16)26-19/h3-6,11,13-14H,7-10H2,1-2H3,(H,20,23)(H,21,22,25). The number of aryl methyl sites for hydroxylation is 1. The molecule has 2 aromatic heterocycles. The van der Waals surface area contributed by atoms with Crippen molar-refractivity contribution in [2.24, 2.45) is 0 Å². The van der Waals surface area contributed by atoms with Crippen molar-refractivity contribution >= 4 is 32.6 Å². The average Bonchev–Trinajstić information content (AvgIpc) is 3.26. The number of fused-ring (bicyclic) bond motifs is 1. The largest absolute Gasteiger partial charge is 0.301 e. The Hall–Kier alpha value is -2.25.